The van der Waals surface area contributed by atoms with E-state index in [4.69, 9.17) is 9.47 Å². The van der Waals surface area contributed by atoms with Gasteiger partial charge in [0.2, 0.25) is 0 Å². The van der Waals surface area contributed by atoms with Gasteiger partial charge >= 0.3 is 11.9 Å². The van der Waals surface area contributed by atoms with E-state index in [1.54, 1.807) is 0 Å². The lowest BCUT2D eigenvalue weighted by molar-refractivity contribution is 0.0495. The maximum Gasteiger partial charge on any atom is 0.338 e. The predicted molar refractivity (Wildman–Crippen MR) is 277 cm³/mol. The van der Waals surface area contributed by atoms with Crippen LogP contribution in [0.25, 0.3) is 0 Å². The molecule has 0 fully saturated rings. The summed E-state index contributed by atoms with van der Waals surface area (Å²) in [5.74, 6) is -1.51. The summed E-state index contributed by atoms with van der Waals surface area (Å²) in [6.45, 7) is 4.89. The molecule has 0 amide bonds. The standard InChI is InChI=1S/C40H70O7S.C18H15S/c1-3-5-7-9-11-13-15-17-19-21-23-25-27-29-31-46-39(41)36-33-37(35-38(34-36)48(43,44)45)40(42)47-32-30-28-26-24-22-20-18-16-14-12-10-8-6-4-2;1-4-10-16(11-5-1)19(17-12-6-2-7-13-17)18-14-8-3-9-15-18/h33-35H,3-32H2,1-2H3,(H,43,44,45);1-15H/q;+1/p-1. The van der Waals surface area contributed by atoms with Gasteiger partial charge in [0.05, 0.1) is 40.1 Å². The first-order chi connectivity index (χ1) is 32.7. The Kier molecular flexibility index (Phi) is 31.7. The van der Waals surface area contributed by atoms with Crippen LogP contribution in [0.15, 0.2) is 129 Å². The van der Waals surface area contributed by atoms with Crippen molar-refractivity contribution in [2.24, 2.45) is 0 Å². The number of carbonyl (C=O) groups excluding carboxylic acids is 2. The molecule has 0 aromatic heterocycles. The van der Waals surface area contributed by atoms with Crippen molar-refractivity contribution in [3.8, 4) is 0 Å². The van der Waals surface area contributed by atoms with Crippen molar-refractivity contribution in [3.63, 3.8) is 0 Å². The molecule has 67 heavy (non-hydrogen) atoms. The Morgan fingerprint density at radius 1 is 0.403 bits per heavy atom. The molecule has 0 radical (unpaired) electrons. The molecule has 4 rings (SSSR count). The second-order valence-electron chi connectivity index (χ2n) is 17.9. The van der Waals surface area contributed by atoms with Crippen molar-refractivity contribution in [1.82, 2.24) is 0 Å². The van der Waals surface area contributed by atoms with Crippen LogP contribution < -0.4 is 0 Å². The van der Waals surface area contributed by atoms with E-state index in [9.17, 15) is 22.6 Å². The van der Waals surface area contributed by atoms with E-state index in [1.165, 1.54) is 162 Å². The number of benzene rings is 4. The van der Waals surface area contributed by atoms with Crippen molar-refractivity contribution < 1.29 is 32.0 Å². The van der Waals surface area contributed by atoms with Gasteiger partial charge in [-0.3, -0.25) is 0 Å². The highest BCUT2D eigenvalue weighted by molar-refractivity contribution is 7.97. The highest BCUT2D eigenvalue weighted by Crippen LogP contribution is 2.30. The van der Waals surface area contributed by atoms with Gasteiger partial charge in [0.15, 0.2) is 14.7 Å². The summed E-state index contributed by atoms with van der Waals surface area (Å²) >= 11 is 0. The number of esters is 2. The van der Waals surface area contributed by atoms with E-state index in [-0.39, 0.29) is 35.2 Å². The summed E-state index contributed by atoms with van der Waals surface area (Å²) in [7, 11) is -4.90. The first kappa shape index (κ1) is 57.4. The Balaban J connectivity index is 0.000000511. The fourth-order valence-corrected chi connectivity index (χ4v) is 10.8. The fraction of sp³-hybridized carbons (Fsp3) is 0.552. The molecule has 0 aliphatic heterocycles. The molecule has 0 bridgehead atoms. The first-order valence-corrected chi connectivity index (χ1v) is 28.7. The van der Waals surface area contributed by atoms with Crippen LogP contribution in [0.2, 0.25) is 0 Å². The largest absolute Gasteiger partial charge is 0.744 e. The zero-order valence-corrected chi connectivity index (χ0v) is 42.9. The van der Waals surface area contributed by atoms with Gasteiger partial charge in [-0.05, 0) is 67.4 Å². The van der Waals surface area contributed by atoms with Gasteiger partial charge < -0.3 is 14.0 Å². The average Bonchev–Trinajstić information content (AvgIpc) is 3.34. The van der Waals surface area contributed by atoms with Crippen LogP contribution in [-0.4, -0.2) is 38.1 Å². The molecule has 0 heterocycles. The number of carbonyl (C=O) groups is 2. The maximum absolute atomic E-state index is 12.7. The molecule has 370 valence electrons. The molecular formula is C58H84O7S2. The van der Waals surface area contributed by atoms with E-state index in [0.717, 1.165) is 37.8 Å². The molecule has 0 atom stereocenters. The van der Waals surface area contributed by atoms with Crippen LogP contribution in [0.5, 0.6) is 0 Å². The molecule has 0 N–H and O–H groups in total. The van der Waals surface area contributed by atoms with Gasteiger partial charge in [0, 0.05) is 0 Å². The zero-order valence-electron chi connectivity index (χ0n) is 41.3. The number of unbranched alkanes of at least 4 members (excludes halogenated alkanes) is 26. The molecule has 0 aliphatic rings. The summed E-state index contributed by atoms with van der Waals surface area (Å²) in [5.41, 5.74) is -0.276. The molecule has 4 aromatic carbocycles. The van der Waals surface area contributed by atoms with Crippen LogP contribution in [-0.2, 0) is 30.5 Å². The van der Waals surface area contributed by atoms with Crippen LogP contribution in [0.3, 0.4) is 0 Å². The lowest BCUT2D eigenvalue weighted by Crippen LogP contribution is -2.13. The Labute approximate surface area is 409 Å². The number of hydrogen-bond acceptors (Lipinski definition) is 7. The minimum Gasteiger partial charge on any atom is -0.744 e. The van der Waals surface area contributed by atoms with E-state index < -0.39 is 27.0 Å². The SMILES string of the molecule is CCCCCCCCCCCCCCCCOC(=O)c1cc(C(=O)OCCCCCCCCCCCCCCCC)cc(S(=O)(=O)[O-])c1.c1ccc([S+](c2ccccc2)c2ccccc2)cc1. The van der Waals surface area contributed by atoms with E-state index in [1.807, 2.05) is 0 Å². The number of ether oxygens (including phenoxy) is 2. The molecule has 4 aromatic rings. The third-order valence-corrected chi connectivity index (χ3v) is 15.1. The third-order valence-electron chi connectivity index (χ3n) is 12.1. The van der Waals surface area contributed by atoms with Crippen molar-refractivity contribution in [2.75, 3.05) is 13.2 Å². The van der Waals surface area contributed by atoms with E-state index in [2.05, 4.69) is 105 Å². The third kappa shape index (κ3) is 26.4. The van der Waals surface area contributed by atoms with Crippen molar-refractivity contribution in [1.29, 1.82) is 0 Å². The lowest BCUT2D eigenvalue weighted by atomic mass is 10.0. The highest BCUT2D eigenvalue weighted by Gasteiger charge is 2.27. The maximum atomic E-state index is 12.7. The summed E-state index contributed by atoms with van der Waals surface area (Å²) < 4.78 is 45.9. The van der Waals surface area contributed by atoms with Gasteiger partial charge in [-0.1, -0.05) is 235 Å². The Hall–Kier alpha value is -3.92. The van der Waals surface area contributed by atoms with Crippen LogP contribution in [0, 0.1) is 0 Å². The topological polar surface area (TPSA) is 110 Å². The Bertz CT molecular complexity index is 1800. The predicted octanol–water partition coefficient (Wildman–Crippen LogP) is 16.6. The zero-order chi connectivity index (χ0) is 48.1. The molecule has 0 saturated carbocycles. The summed E-state index contributed by atoms with van der Waals surface area (Å²) in [6.07, 6.45) is 34.2. The average molecular weight is 957 g/mol. The lowest BCUT2D eigenvalue weighted by Gasteiger charge is -2.12. The van der Waals surface area contributed by atoms with Crippen LogP contribution in [0.4, 0.5) is 0 Å². The monoisotopic (exact) mass is 957 g/mol. The van der Waals surface area contributed by atoms with E-state index >= 15 is 0 Å². The van der Waals surface area contributed by atoms with Gasteiger partial charge in [-0.15, -0.1) is 0 Å². The fourth-order valence-electron chi connectivity index (χ4n) is 8.15. The van der Waals surface area contributed by atoms with Gasteiger partial charge in [-0.2, -0.15) is 0 Å². The first-order valence-electron chi connectivity index (χ1n) is 26.1. The molecule has 0 aliphatic carbocycles. The molecule has 0 unspecified atom stereocenters. The molecule has 7 nitrogen and oxygen atoms in total. The molecule has 0 spiro atoms. The van der Waals surface area contributed by atoms with Crippen LogP contribution >= 0.6 is 0 Å². The smallest absolute Gasteiger partial charge is 0.338 e. The van der Waals surface area contributed by atoms with Crippen molar-refractivity contribution in [2.45, 2.75) is 213 Å². The highest BCUT2D eigenvalue weighted by atomic mass is 32.2. The number of hydrogen-bond donors (Lipinski definition) is 0. The Morgan fingerprint density at radius 3 is 0.910 bits per heavy atom. The Morgan fingerprint density at radius 2 is 0.657 bits per heavy atom. The molecule has 0 saturated heterocycles. The minimum absolute atomic E-state index is 0.0146. The summed E-state index contributed by atoms with van der Waals surface area (Å²) in [4.78, 5) is 28.8. The van der Waals surface area contributed by atoms with Gasteiger partial charge in [0.1, 0.15) is 10.1 Å². The molecule has 9 heteroatoms. The van der Waals surface area contributed by atoms with Crippen LogP contribution in [0.1, 0.15) is 214 Å². The van der Waals surface area contributed by atoms with E-state index in [0.29, 0.717) is 12.8 Å². The summed E-state index contributed by atoms with van der Waals surface area (Å²) in [5, 5.41) is 0. The second-order valence-corrected chi connectivity index (χ2v) is 21.3. The van der Waals surface area contributed by atoms with Gasteiger partial charge in [0.25, 0.3) is 0 Å². The summed E-state index contributed by atoms with van der Waals surface area (Å²) in [6, 6.07) is 35.3. The minimum atomic E-state index is -4.88. The van der Waals surface area contributed by atoms with Gasteiger partial charge in [-0.25, -0.2) is 18.0 Å². The normalized spacial score (nSPS) is 11.3. The van der Waals surface area contributed by atoms with Crippen molar-refractivity contribution >= 4 is 33.0 Å². The number of rotatable bonds is 36. The quantitative estimate of drug-likeness (QED) is 0.0193. The van der Waals surface area contributed by atoms with Crippen molar-refractivity contribution in [3.05, 3.63) is 120 Å². The second kappa shape index (κ2) is 37.0. The molecular weight excluding hydrogens is 873 g/mol.